The van der Waals surface area contributed by atoms with Gasteiger partial charge in [0.25, 0.3) is 0 Å². The second-order valence-electron chi connectivity index (χ2n) is 4.69. The molecule has 0 spiro atoms. The number of benzene rings is 1. The molecular weight excluding hydrogens is 218 g/mol. The maximum atomic E-state index is 10.2. The highest BCUT2D eigenvalue weighted by Crippen LogP contribution is 2.05. The third kappa shape index (κ3) is 8.05. The Morgan fingerprint density at radius 3 is 1.50 bits per heavy atom. The average molecular weight is 239 g/mol. The first-order valence-electron chi connectivity index (χ1n) is 5.33. The summed E-state index contributed by atoms with van der Waals surface area (Å²) in [6.07, 6.45) is -0.921. The van der Waals surface area contributed by atoms with Crippen LogP contribution in [0.1, 0.15) is 6.92 Å². The molecule has 1 rings (SSSR count). The molecule has 0 aliphatic heterocycles. The Labute approximate surface area is 98.5 Å². The van der Waals surface area contributed by atoms with Crippen LogP contribution in [0.2, 0.25) is 19.6 Å². The Morgan fingerprint density at radius 1 is 1.06 bits per heavy atom. The van der Waals surface area contributed by atoms with Gasteiger partial charge in [-0.1, -0.05) is 56.0 Å². The van der Waals surface area contributed by atoms with Gasteiger partial charge in [-0.2, -0.15) is 0 Å². The summed E-state index contributed by atoms with van der Waals surface area (Å²) < 4.78 is 0. The summed E-state index contributed by atoms with van der Waals surface area (Å²) >= 11 is 0. The number of hydrogen-bond acceptors (Lipinski definition) is 1. The van der Waals surface area contributed by atoms with E-state index in [-0.39, 0.29) is 5.67 Å². The van der Waals surface area contributed by atoms with Crippen LogP contribution in [0.15, 0.2) is 36.4 Å². The fourth-order valence-corrected chi connectivity index (χ4v) is 1.34. The van der Waals surface area contributed by atoms with Crippen LogP contribution < -0.4 is 5.32 Å². The lowest BCUT2D eigenvalue weighted by Crippen LogP contribution is -2.48. The van der Waals surface area contributed by atoms with E-state index in [4.69, 9.17) is 5.11 Å². The molecular formula is C12H21NO2Si. The van der Waals surface area contributed by atoms with Crippen molar-refractivity contribution < 1.29 is 9.90 Å². The van der Waals surface area contributed by atoms with Crippen LogP contribution in [0.3, 0.4) is 0 Å². The predicted molar refractivity (Wildman–Crippen MR) is 70.4 cm³/mol. The first kappa shape index (κ1) is 14.7. The predicted octanol–water partition coefficient (Wildman–Crippen LogP) is 3.21. The summed E-state index contributed by atoms with van der Waals surface area (Å²) in [6.45, 7) is 8.31. The van der Waals surface area contributed by atoms with E-state index in [9.17, 15) is 4.79 Å². The van der Waals surface area contributed by atoms with Crippen molar-refractivity contribution in [2.45, 2.75) is 32.2 Å². The molecule has 0 aliphatic carbocycles. The summed E-state index contributed by atoms with van der Waals surface area (Å²) in [5.41, 5.74) is 0.130. The molecule has 90 valence electrons. The molecule has 1 amide bonds. The zero-order valence-corrected chi connectivity index (χ0v) is 11.4. The Balaban J connectivity index is 0.000000315. The van der Waals surface area contributed by atoms with Crippen molar-refractivity contribution in [3.05, 3.63) is 36.4 Å². The number of carbonyl (C=O) groups is 1. The van der Waals surface area contributed by atoms with Crippen LogP contribution in [0.5, 0.6) is 0 Å². The molecule has 2 N–H and O–H groups in total. The van der Waals surface area contributed by atoms with Gasteiger partial charge in [-0.05, 0) is 6.92 Å². The number of rotatable bonds is 2. The minimum Gasteiger partial charge on any atom is -0.465 e. The molecule has 0 aromatic heterocycles. The molecule has 4 heteroatoms. The highest BCUT2D eigenvalue weighted by Gasteiger charge is 2.23. The lowest BCUT2D eigenvalue weighted by molar-refractivity contribution is 0.193. The molecule has 0 saturated heterocycles. The monoisotopic (exact) mass is 239 g/mol. The fourth-order valence-electron chi connectivity index (χ4n) is 0.787. The van der Waals surface area contributed by atoms with Gasteiger partial charge < -0.3 is 10.4 Å². The standard InChI is InChI=1S/C6H15NO2Si.C6H6/c1-5(7-6(8)9)10(2,3)4;1-2-4-6-5-3-1/h5,7H,1-4H3,(H,8,9);1-6H. The van der Waals surface area contributed by atoms with E-state index < -0.39 is 14.2 Å². The van der Waals surface area contributed by atoms with E-state index in [1.807, 2.05) is 43.3 Å². The Morgan fingerprint density at radius 2 is 1.38 bits per heavy atom. The van der Waals surface area contributed by atoms with Crippen molar-refractivity contribution in [3.63, 3.8) is 0 Å². The quantitative estimate of drug-likeness (QED) is 0.779. The van der Waals surface area contributed by atoms with Crippen LogP contribution in [0, 0.1) is 0 Å². The van der Waals surface area contributed by atoms with Crippen molar-refractivity contribution in [2.75, 3.05) is 0 Å². The smallest absolute Gasteiger partial charge is 0.404 e. The Hall–Kier alpha value is -1.29. The minimum absolute atomic E-state index is 0.130. The van der Waals surface area contributed by atoms with Crippen molar-refractivity contribution in [2.24, 2.45) is 0 Å². The highest BCUT2D eigenvalue weighted by atomic mass is 28.3. The fraction of sp³-hybridized carbons (Fsp3) is 0.417. The average Bonchev–Trinajstić information content (AvgIpc) is 2.19. The number of amides is 1. The molecule has 16 heavy (non-hydrogen) atoms. The molecule has 1 atom stereocenters. The van der Waals surface area contributed by atoms with E-state index in [1.165, 1.54) is 0 Å². The Kier molecular flexibility index (Phi) is 6.49. The third-order valence-corrected chi connectivity index (χ3v) is 5.05. The van der Waals surface area contributed by atoms with Crippen molar-refractivity contribution in [1.29, 1.82) is 0 Å². The second-order valence-corrected chi connectivity index (χ2v) is 10.3. The number of nitrogens with one attached hydrogen (secondary N) is 1. The molecule has 0 radical (unpaired) electrons. The molecule has 0 aliphatic rings. The van der Waals surface area contributed by atoms with Gasteiger partial charge in [0.2, 0.25) is 0 Å². The van der Waals surface area contributed by atoms with Gasteiger partial charge in [0.05, 0.1) is 8.07 Å². The number of carboxylic acid groups (broad SMARTS) is 1. The lowest BCUT2D eigenvalue weighted by atomic mass is 10.4. The van der Waals surface area contributed by atoms with Crippen molar-refractivity contribution >= 4 is 14.2 Å². The van der Waals surface area contributed by atoms with Crippen LogP contribution in [-0.2, 0) is 0 Å². The molecule has 1 aromatic carbocycles. The van der Waals surface area contributed by atoms with E-state index in [0.29, 0.717) is 0 Å². The molecule has 0 heterocycles. The molecule has 0 saturated carbocycles. The van der Waals surface area contributed by atoms with Crippen LogP contribution >= 0.6 is 0 Å². The third-order valence-electron chi connectivity index (χ3n) is 2.31. The molecule has 3 nitrogen and oxygen atoms in total. The van der Waals surface area contributed by atoms with Crippen molar-refractivity contribution in [1.82, 2.24) is 5.32 Å². The van der Waals surface area contributed by atoms with E-state index in [0.717, 1.165) is 0 Å². The zero-order chi connectivity index (χ0) is 12.6. The summed E-state index contributed by atoms with van der Waals surface area (Å²) in [6, 6.07) is 12.0. The van der Waals surface area contributed by atoms with Gasteiger partial charge in [-0.25, -0.2) is 4.79 Å². The normalized spacial score (nSPS) is 12.0. The first-order chi connectivity index (χ1) is 7.34. The van der Waals surface area contributed by atoms with Crippen LogP contribution in [-0.4, -0.2) is 24.9 Å². The molecule has 0 bridgehead atoms. The SMILES string of the molecule is CC(NC(=O)O)[Si](C)(C)C.c1ccccc1. The van der Waals surface area contributed by atoms with Gasteiger partial charge in [-0.15, -0.1) is 0 Å². The largest absolute Gasteiger partial charge is 0.465 e. The summed E-state index contributed by atoms with van der Waals surface area (Å²) in [5, 5.41) is 10.8. The highest BCUT2D eigenvalue weighted by molar-refractivity contribution is 6.77. The van der Waals surface area contributed by atoms with Crippen LogP contribution in [0.25, 0.3) is 0 Å². The summed E-state index contributed by atoms with van der Waals surface area (Å²) in [5.74, 6) is 0. The maximum Gasteiger partial charge on any atom is 0.404 e. The maximum absolute atomic E-state index is 10.2. The van der Waals surface area contributed by atoms with E-state index >= 15 is 0 Å². The van der Waals surface area contributed by atoms with E-state index in [2.05, 4.69) is 25.0 Å². The van der Waals surface area contributed by atoms with Gasteiger partial charge in [-0.3, -0.25) is 0 Å². The second kappa shape index (κ2) is 7.06. The van der Waals surface area contributed by atoms with Gasteiger partial charge >= 0.3 is 6.09 Å². The van der Waals surface area contributed by atoms with Crippen molar-refractivity contribution in [3.8, 4) is 0 Å². The van der Waals surface area contributed by atoms with Crippen LogP contribution in [0.4, 0.5) is 4.79 Å². The Bertz CT molecular complexity index is 269. The topological polar surface area (TPSA) is 49.3 Å². The van der Waals surface area contributed by atoms with Gasteiger partial charge in [0.1, 0.15) is 0 Å². The molecule has 1 aromatic rings. The zero-order valence-electron chi connectivity index (χ0n) is 10.4. The molecule has 0 fully saturated rings. The van der Waals surface area contributed by atoms with Gasteiger partial charge in [0.15, 0.2) is 0 Å². The number of hydrogen-bond donors (Lipinski definition) is 2. The first-order valence-corrected chi connectivity index (χ1v) is 8.91. The summed E-state index contributed by atoms with van der Waals surface area (Å²) in [7, 11) is -1.32. The lowest BCUT2D eigenvalue weighted by Gasteiger charge is -2.24. The van der Waals surface area contributed by atoms with E-state index in [1.54, 1.807) is 0 Å². The summed E-state index contributed by atoms with van der Waals surface area (Å²) in [4.78, 5) is 10.2. The minimum atomic E-state index is -1.32. The van der Waals surface area contributed by atoms with Gasteiger partial charge in [0, 0.05) is 5.67 Å². The molecule has 1 unspecified atom stereocenters.